The standard InChI is InChI=1S/C8H10N2OS/c1-5-7(6(2)11)10-3-4-12-8(10)9-5/h3-4H2,1-2H3. The fourth-order valence-electron chi connectivity index (χ4n) is 1.54. The summed E-state index contributed by atoms with van der Waals surface area (Å²) in [5.74, 6) is 1.16. The van der Waals surface area contributed by atoms with Crippen molar-refractivity contribution in [3.8, 4) is 0 Å². The van der Waals surface area contributed by atoms with E-state index in [4.69, 9.17) is 0 Å². The van der Waals surface area contributed by atoms with Crippen molar-refractivity contribution < 1.29 is 4.79 Å². The average Bonchev–Trinajstić information content (AvgIpc) is 2.44. The van der Waals surface area contributed by atoms with E-state index in [2.05, 4.69) is 4.98 Å². The second-order valence-electron chi connectivity index (χ2n) is 2.88. The lowest BCUT2D eigenvalue weighted by molar-refractivity contribution is 0.100. The van der Waals surface area contributed by atoms with Crippen LogP contribution in [0.15, 0.2) is 5.16 Å². The van der Waals surface area contributed by atoms with Crippen molar-refractivity contribution in [2.45, 2.75) is 25.5 Å². The van der Waals surface area contributed by atoms with E-state index in [1.165, 1.54) is 0 Å². The van der Waals surface area contributed by atoms with Crippen LogP contribution in [0, 0.1) is 6.92 Å². The van der Waals surface area contributed by atoms with Gasteiger partial charge in [0.25, 0.3) is 0 Å². The molecule has 0 amide bonds. The van der Waals surface area contributed by atoms with Crippen LogP contribution in [0.3, 0.4) is 0 Å². The predicted molar refractivity (Wildman–Crippen MR) is 47.7 cm³/mol. The maximum absolute atomic E-state index is 11.2. The van der Waals surface area contributed by atoms with Gasteiger partial charge >= 0.3 is 0 Å². The van der Waals surface area contributed by atoms with Crippen LogP contribution >= 0.6 is 11.8 Å². The third-order valence-electron chi connectivity index (χ3n) is 1.99. The molecule has 1 aromatic rings. The van der Waals surface area contributed by atoms with Crippen molar-refractivity contribution >= 4 is 17.5 Å². The Morgan fingerprint density at radius 3 is 3.08 bits per heavy atom. The number of hydrogen-bond acceptors (Lipinski definition) is 3. The number of ketones is 1. The monoisotopic (exact) mass is 182 g/mol. The van der Waals surface area contributed by atoms with E-state index < -0.39 is 0 Å². The fraction of sp³-hybridized carbons (Fsp3) is 0.500. The Labute approximate surface area is 75.2 Å². The van der Waals surface area contributed by atoms with Crippen molar-refractivity contribution in [1.82, 2.24) is 9.55 Å². The predicted octanol–water partition coefficient (Wildman–Crippen LogP) is 1.50. The van der Waals surface area contributed by atoms with Gasteiger partial charge in [0.2, 0.25) is 0 Å². The number of carbonyl (C=O) groups is 1. The maximum atomic E-state index is 11.2. The van der Waals surface area contributed by atoms with Crippen LogP contribution in [0.2, 0.25) is 0 Å². The second kappa shape index (κ2) is 2.62. The van der Waals surface area contributed by atoms with Gasteiger partial charge < -0.3 is 4.57 Å². The molecule has 12 heavy (non-hydrogen) atoms. The third-order valence-corrected chi connectivity index (χ3v) is 2.94. The van der Waals surface area contributed by atoms with Crippen molar-refractivity contribution in [1.29, 1.82) is 0 Å². The van der Waals surface area contributed by atoms with E-state index in [-0.39, 0.29) is 5.78 Å². The van der Waals surface area contributed by atoms with Gasteiger partial charge in [0.1, 0.15) is 5.69 Å². The van der Waals surface area contributed by atoms with Crippen molar-refractivity contribution in [3.05, 3.63) is 11.4 Å². The first-order chi connectivity index (χ1) is 5.70. The highest BCUT2D eigenvalue weighted by Gasteiger charge is 2.21. The first-order valence-corrected chi connectivity index (χ1v) is 4.89. The highest BCUT2D eigenvalue weighted by atomic mass is 32.2. The summed E-state index contributed by atoms with van der Waals surface area (Å²) >= 11 is 1.72. The number of hydrogen-bond donors (Lipinski definition) is 0. The summed E-state index contributed by atoms with van der Waals surface area (Å²) in [6.45, 7) is 4.42. The Kier molecular flexibility index (Phi) is 1.72. The zero-order valence-electron chi connectivity index (χ0n) is 7.13. The normalized spacial score (nSPS) is 14.8. The van der Waals surface area contributed by atoms with E-state index in [1.54, 1.807) is 18.7 Å². The Balaban J connectivity index is 2.59. The topological polar surface area (TPSA) is 34.9 Å². The molecule has 0 atom stereocenters. The van der Waals surface area contributed by atoms with Crippen LogP contribution in [0.25, 0.3) is 0 Å². The van der Waals surface area contributed by atoms with Gasteiger partial charge in [0.15, 0.2) is 10.9 Å². The molecule has 0 aromatic carbocycles. The lowest BCUT2D eigenvalue weighted by Gasteiger charge is -1.99. The zero-order valence-corrected chi connectivity index (χ0v) is 7.94. The summed E-state index contributed by atoms with van der Waals surface area (Å²) in [6.07, 6.45) is 0. The van der Waals surface area contributed by atoms with Crippen molar-refractivity contribution in [3.63, 3.8) is 0 Å². The molecule has 1 aromatic heterocycles. The van der Waals surface area contributed by atoms with Gasteiger partial charge in [-0.25, -0.2) is 4.98 Å². The van der Waals surface area contributed by atoms with Crippen LogP contribution in [0.5, 0.6) is 0 Å². The van der Waals surface area contributed by atoms with E-state index in [1.807, 2.05) is 11.5 Å². The summed E-state index contributed by atoms with van der Waals surface area (Å²) in [5, 5.41) is 0.998. The summed E-state index contributed by atoms with van der Waals surface area (Å²) in [7, 11) is 0. The van der Waals surface area contributed by atoms with Gasteiger partial charge in [-0.15, -0.1) is 0 Å². The Bertz CT molecular complexity index is 343. The maximum Gasteiger partial charge on any atom is 0.178 e. The summed E-state index contributed by atoms with van der Waals surface area (Å²) in [4.78, 5) is 15.5. The minimum absolute atomic E-state index is 0.119. The van der Waals surface area contributed by atoms with Crippen LogP contribution in [0.4, 0.5) is 0 Å². The van der Waals surface area contributed by atoms with Gasteiger partial charge in [0.05, 0.1) is 5.69 Å². The molecule has 0 N–H and O–H groups in total. The highest BCUT2D eigenvalue weighted by Crippen LogP contribution is 2.27. The van der Waals surface area contributed by atoms with E-state index in [9.17, 15) is 4.79 Å². The molecule has 0 fully saturated rings. The largest absolute Gasteiger partial charge is 0.315 e. The lowest BCUT2D eigenvalue weighted by Crippen LogP contribution is -2.06. The fourth-order valence-corrected chi connectivity index (χ4v) is 2.53. The molecule has 1 aliphatic rings. The molecule has 0 aliphatic carbocycles. The van der Waals surface area contributed by atoms with Gasteiger partial charge in [-0.1, -0.05) is 11.8 Å². The molecule has 0 unspecified atom stereocenters. The van der Waals surface area contributed by atoms with Crippen molar-refractivity contribution in [2.75, 3.05) is 5.75 Å². The lowest BCUT2D eigenvalue weighted by atomic mass is 10.2. The highest BCUT2D eigenvalue weighted by molar-refractivity contribution is 7.99. The van der Waals surface area contributed by atoms with E-state index >= 15 is 0 Å². The molecule has 2 rings (SSSR count). The number of fused-ring (bicyclic) bond motifs is 1. The van der Waals surface area contributed by atoms with Gasteiger partial charge in [-0.2, -0.15) is 0 Å². The molecule has 0 bridgehead atoms. The number of aromatic nitrogens is 2. The molecular formula is C8H10N2OS. The number of thioether (sulfide) groups is 1. The average molecular weight is 182 g/mol. The summed E-state index contributed by atoms with van der Waals surface area (Å²) in [5.41, 5.74) is 1.65. The number of aryl methyl sites for hydroxylation is 1. The minimum Gasteiger partial charge on any atom is -0.315 e. The van der Waals surface area contributed by atoms with Gasteiger partial charge in [0, 0.05) is 19.2 Å². The molecule has 0 spiro atoms. The Hall–Kier alpha value is -0.770. The van der Waals surface area contributed by atoms with Gasteiger partial charge in [-0.3, -0.25) is 4.79 Å². The van der Waals surface area contributed by atoms with Gasteiger partial charge in [-0.05, 0) is 6.92 Å². The van der Waals surface area contributed by atoms with E-state index in [0.29, 0.717) is 0 Å². The van der Waals surface area contributed by atoms with E-state index in [0.717, 1.165) is 28.8 Å². The molecule has 64 valence electrons. The number of imidazole rings is 1. The molecule has 4 heteroatoms. The summed E-state index contributed by atoms with van der Waals surface area (Å²) in [6, 6.07) is 0. The molecule has 1 aliphatic heterocycles. The number of Topliss-reactive ketones (excluding diaryl/α,β-unsaturated/α-hetero) is 1. The zero-order chi connectivity index (χ0) is 8.72. The first kappa shape index (κ1) is 7.86. The molecule has 0 saturated carbocycles. The molecular weight excluding hydrogens is 172 g/mol. The number of rotatable bonds is 1. The van der Waals surface area contributed by atoms with Crippen LogP contribution < -0.4 is 0 Å². The molecule has 0 radical (unpaired) electrons. The first-order valence-electron chi connectivity index (χ1n) is 3.91. The van der Waals surface area contributed by atoms with Crippen molar-refractivity contribution in [2.24, 2.45) is 0 Å². The Morgan fingerprint density at radius 1 is 1.67 bits per heavy atom. The smallest absolute Gasteiger partial charge is 0.178 e. The third kappa shape index (κ3) is 0.982. The minimum atomic E-state index is 0.119. The van der Waals surface area contributed by atoms with Crippen LogP contribution in [0.1, 0.15) is 23.1 Å². The quantitative estimate of drug-likeness (QED) is 0.617. The molecule has 0 saturated heterocycles. The number of nitrogens with zero attached hydrogens (tertiary/aromatic N) is 2. The number of carbonyl (C=O) groups excluding carboxylic acids is 1. The van der Waals surface area contributed by atoms with Crippen LogP contribution in [-0.2, 0) is 6.54 Å². The Morgan fingerprint density at radius 2 is 2.42 bits per heavy atom. The molecule has 2 heterocycles. The second-order valence-corrected chi connectivity index (χ2v) is 3.95. The SMILES string of the molecule is CC(=O)c1c(C)nc2n1CCS2. The van der Waals surface area contributed by atoms with Crippen LogP contribution in [-0.4, -0.2) is 21.1 Å². The molecule has 3 nitrogen and oxygen atoms in total. The summed E-state index contributed by atoms with van der Waals surface area (Å²) < 4.78 is 2.02.